The lowest BCUT2D eigenvalue weighted by Crippen LogP contribution is -1.91. The molecule has 0 aliphatic carbocycles. The van der Waals surface area contributed by atoms with Gasteiger partial charge in [-0.25, -0.2) is 4.98 Å². The first kappa shape index (κ1) is 16.9. The van der Waals surface area contributed by atoms with Crippen LogP contribution in [0, 0.1) is 18.3 Å². The van der Waals surface area contributed by atoms with Crippen molar-refractivity contribution in [1.82, 2.24) is 4.98 Å². The summed E-state index contributed by atoms with van der Waals surface area (Å²) in [5, 5.41) is 15.3. The van der Waals surface area contributed by atoms with Crippen LogP contribution in [0.2, 0.25) is 0 Å². The van der Waals surface area contributed by atoms with Crippen molar-refractivity contribution in [3.05, 3.63) is 76.2 Å². The molecule has 25 heavy (non-hydrogen) atoms. The molecule has 0 aliphatic rings. The monoisotopic (exact) mass is 345 g/mol. The summed E-state index contributed by atoms with van der Waals surface area (Å²) in [5.74, 6) is 0. The van der Waals surface area contributed by atoms with Crippen molar-refractivity contribution < 1.29 is 0 Å². The average molecular weight is 345 g/mol. The zero-order valence-corrected chi connectivity index (χ0v) is 15.1. The summed E-state index contributed by atoms with van der Waals surface area (Å²) >= 11 is 1.48. The molecular formula is C21H19N3S. The van der Waals surface area contributed by atoms with Crippen molar-refractivity contribution in [2.45, 2.75) is 20.3 Å². The molecular weight excluding hydrogens is 326 g/mol. The number of nitrogens with zero attached hydrogens (tertiary/aromatic N) is 2. The van der Waals surface area contributed by atoms with Crippen LogP contribution in [0.25, 0.3) is 16.8 Å². The van der Waals surface area contributed by atoms with Gasteiger partial charge in [-0.1, -0.05) is 48.9 Å². The number of benzene rings is 2. The summed E-state index contributed by atoms with van der Waals surface area (Å²) in [6.45, 7) is 4.19. The van der Waals surface area contributed by atoms with Gasteiger partial charge < -0.3 is 5.32 Å². The smallest absolute Gasteiger partial charge is 0.136 e. The number of anilines is 1. The number of hydrogen-bond acceptors (Lipinski definition) is 4. The van der Waals surface area contributed by atoms with Gasteiger partial charge in [-0.2, -0.15) is 5.26 Å². The van der Waals surface area contributed by atoms with Crippen molar-refractivity contribution >= 4 is 22.6 Å². The first-order valence-electron chi connectivity index (χ1n) is 8.18. The van der Waals surface area contributed by atoms with Gasteiger partial charge in [0.1, 0.15) is 16.6 Å². The van der Waals surface area contributed by atoms with Crippen LogP contribution < -0.4 is 5.32 Å². The average Bonchev–Trinajstić information content (AvgIpc) is 3.14. The minimum atomic E-state index is 0.530. The van der Waals surface area contributed by atoms with Crippen LogP contribution in [0.3, 0.4) is 0 Å². The number of nitrogens with one attached hydrogen (secondary N) is 1. The van der Waals surface area contributed by atoms with Gasteiger partial charge in [0.05, 0.1) is 5.69 Å². The Balaban J connectivity index is 1.79. The molecule has 0 bridgehead atoms. The van der Waals surface area contributed by atoms with Crippen molar-refractivity contribution in [2.24, 2.45) is 0 Å². The van der Waals surface area contributed by atoms with E-state index in [0.29, 0.717) is 5.57 Å². The van der Waals surface area contributed by atoms with E-state index in [2.05, 4.69) is 47.6 Å². The highest BCUT2D eigenvalue weighted by Gasteiger charge is 2.09. The summed E-state index contributed by atoms with van der Waals surface area (Å²) in [6.07, 6.45) is 2.74. The zero-order chi connectivity index (χ0) is 17.6. The number of allylic oxidation sites excluding steroid dienone is 1. The van der Waals surface area contributed by atoms with E-state index in [4.69, 9.17) is 0 Å². The van der Waals surface area contributed by atoms with E-state index in [0.717, 1.165) is 28.4 Å². The molecule has 0 saturated carbocycles. The van der Waals surface area contributed by atoms with E-state index >= 15 is 0 Å². The molecule has 0 fully saturated rings. The minimum Gasteiger partial charge on any atom is -0.360 e. The number of hydrogen-bond donors (Lipinski definition) is 1. The summed E-state index contributed by atoms with van der Waals surface area (Å²) < 4.78 is 0. The van der Waals surface area contributed by atoms with E-state index in [-0.39, 0.29) is 0 Å². The third-order valence-electron chi connectivity index (χ3n) is 3.95. The summed E-state index contributed by atoms with van der Waals surface area (Å²) in [7, 11) is 0. The maximum atomic E-state index is 9.46. The van der Waals surface area contributed by atoms with E-state index in [9.17, 15) is 5.26 Å². The fourth-order valence-corrected chi connectivity index (χ4v) is 3.18. The lowest BCUT2D eigenvalue weighted by molar-refractivity contribution is 1.14. The predicted molar refractivity (Wildman–Crippen MR) is 105 cm³/mol. The summed E-state index contributed by atoms with van der Waals surface area (Å²) in [6, 6.07) is 18.7. The van der Waals surface area contributed by atoms with Crippen molar-refractivity contribution in [1.29, 1.82) is 5.26 Å². The topological polar surface area (TPSA) is 48.7 Å². The number of thiazole rings is 1. The van der Waals surface area contributed by atoms with Crippen LogP contribution in [0.4, 0.5) is 5.69 Å². The molecule has 0 unspecified atom stereocenters. The Bertz CT molecular complexity index is 913. The highest BCUT2D eigenvalue weighted by molar-refractivity contribution is 7.11. The first-order valence-corrected chi connectivity index (χ1v) is 9.06. The molecule has 124 valence electrons. The van der Waals surface area contributed by atoms with Crippen molar-refractivity contribution in [3.8, 4) is 17.3 Å². The van der Waals surface area contributed by atoms with Gasteiger partial charge in [-0.3, -0.25) is 0 Å². The first-order chi connectivity index (χ1) is 12.2. The summed E-state index contributed by atoms with van der Waals surface area (Å²) in [4.78, 5) is 4.62. The highest BCUT2D eigenvalue weighted by Crippen LogP contribution is 2.26. The number of aryl methyl sites for hydroxylation is 2. The van der Waals surface area contributed by atoms with Gasteiger partial charge in [0, 0.05) is 22.8 Å². The molecule has 0 amide bonds. The second-order valence-corrected chi connectivity index (χ2v) is 6.63. The Labute approximate surface area is 152 Å². The Kier molecular flexibility index (Phi) is 5.27. The Morgan fingerprint density at radius 3 is 2.52 bits per heavy atom. The van der Waals surface area contributed by atoms with Crippen LogP contribution >= 0.6 is 11.3 Å². The standard InChI is InChI=1S/C21H19N3S/c1-3-16-6-8-17(9-7-16)20-14-25-21(24-20)18(12-22)13-23-19-10-4-15(2)5-11-19/h4-11,13-14,23H,3H2,1-2H3/b18-13+. The number of rotatable bonds is 5. The van der Waals surface area contributed by atoms with E-state index in [1.54, 1.807) is 6.20 Å². The molecule has 1 N–H and O–H groups in total. The molecule has 0 radical (unpaired) electrons. The molecule has 0 saturated heterocycles. The van der Waals surface area contributed by atoms with E-state index in [1.165, 1.54) is 22.5 Å². The van der Waals surface area contributed by atoms with Gasteiger partial charge in [0.15, 0.2) is 0 Å². The van der Waals surface area contributed by atoms with Gasteiger partial charge in [-0.05, 0) is 31.0 Å². The van der Waals surface area contributed by atoms with Crippen molar-refractivity contribution in [2.75, 3.05) is 5.32 Å². The van der Waals surface area contributed by atoms with Gasteiger partial charge in [0.25, 0.3) is 0 Å². The normalized spacial score (nSPS) is 11.2. The maximum Gasteiger partial charge on any atom is 0.136 e. The summed E-state index contributed by atoms with van der Waals surface area (Å²) in [5.41, 5.74) is 5.96. The van der Waals surface area contributed by atoms with Crippen LogP contribution in [0.15, 0.2) is 60.1 Å². The molecule has 4 heteroatoms. The number of nitriles is 1. The lowest BCUT2D eigenvalue weighted by atomic mass is 10.1. The highest BCUT2D eigenvalue weighted by atomic mass is 32.1. The second kappa shape index (κ2) is 7.78. The zero-order valence-electron chi connectivity index (χ0n) is 14.3. The molecule has 1 heterocycles. The van der Waals surface area contributed by atoms with E-state index < -0.39 is 0 Å². The van der Waals surface area contributed by atoms with Gasteiger partial charge >= 0.3 is 0 Å². The molecule has 3 aromatic rings. The fourth-order valence-electron chi connectivity index (χ4n) is 2.39. The van der Waals surface area contributed by atoms with Gasteiger partial charge in [0.2, 0.25) is 0 Å². The van der Waals surface area contributed by atoms with Gasteiger partial charge in [-0.15, -0.1) is 11.3 Å². The predicted octanol–water partition coefficient (Wildman–Crippen LogP) is 5.66. The third-order valence-corrected chi connectivity index (χ3v) is 4.82. The minimum absolute atomic E-state index is 0.530. The third kappa shape index (κ3) is 4.14. The fraction of sp³-hybridized carbons (Fsp3) is 0.143. The van der Waals surface area contributed by atoms with E-state index in [1.807, 2.05) is 36.6 Å². The molecule has 3 rings (SSSR count). The Morgan fingerprint density at radius 1 is 1.16 bits per heavy atom. The molecule has 0 atom stereocenters. The second-order valence-electron chi connectivity index (χ2n) is 5.77. The van der Waals surface area contributed by atoms with Crippen LogP contribution in [-0.4, -0.2) is 4.98 Å². The maximum absolute atomic E-state index is 9.46. The molecule has 0 aliphatic heterocycles. The van der Waals surface area contributed by atoms with Crippen LogP contribution in [-0.2, 0) is 6.42 Å². The molecule has 0 spiro atoms. The Hall–Kier alpha value is -2.90. The quantitative estimate of drug-likeness (QED) is 0.607. The SMILES string of the molecule is CCc1ccc(-c2csc(/C(C#N)=C/Nc3ccc(C)cc3)n2)cc1. The molecule has 1 aromatic heterocycles. The molecule has 2 aromatic carbocycles. The molecule has 3 nitrogen and oxygen atoms in total. The lowest BCUT2D eigenvalue weighted by Gasteiger charge is -2.02. The van der Waals surface area contributed by atoms with Crippen LogP contribution in [0.5, 0.6) is 0 Å². The number of aromatic nitrogens is 1. The van der Waals surface area contributed by atoms with Crippen LogP contribution in [0.1, 0.15) is 23.1 Å². The van der Waals surface area contributed by atoms with Crippen molar-refractivity contribution in [3.63, 3.8) is 0 Å². The largest absolute Gasteiger partial charge is 0.360 e. The Morgan fingerprint density at radius 2 is 1.88 bits per heavy atom.